The SMILES string of the molecule is O=C(Oc1ccc(-c2oc3cc(O)cc(O)c3c(=O)c2O)cc1O)c1ccc([N+](=O)[O-])cc1. The minimum Gasteiger partial charge on any atom is -0.508 e. The van der Waals surface area contributed by atoms with Crippen molar-refractivity contribution in [3.8, 4) is 40.1 Å². The zero-order chi connectivity index (χ0) is 23.9. The lowest BCUT2D eigenvalue weighted by Crippen LogP contribution is -2.08. The van der Waals surface area contributed by atoms with Crippen LogP contribution < -0.4 is 10.2 Å². The fraction of sp³-hybridized carbons (Fsp3) is 0. The molecule has 0 amide bonds. The molecule has 1 heterocycles. The van der Waals surface area contributed by atoms with E-state index in [0.717, 1.165) is 30.3 Å². The van der Waals surface area contributed by atoms with Gasteiger partial charge >= 0.3 is 5.97 Å². The van der Waals surface area contributed by atoms with Crippen LogP contribution in [-0.2, 0) is 0 Å². The molecular formula is C22H13NO10. The van der Waals surface area contributed by atoms with Crippen LogP contribution in [0.1, 0.15) is 10.4 Å². The van der Waals surface area contributed by atoms with Crippen molar-refractivity contribution in [3.05, 3.63) is 80.5 Å². The highest BCUT2D eigenvalue weighted by Crippen LogP contribution is 2.38. The number of non-ortho nitro benzene ring substituents is 1. The Morgan fingerprint density at radius 2 is 1.64 bits per heavy atom. The first-order valence-corrected chi connectivity index (χ1v) is 9.17. The molecule has 0 aliphatic rings. The summed E-state index contributed by atoms with van der Waals surface area (Å²) < 4.78 is 10.6. The summed E-state index contributed by atoms with van der Waals surface area (Å²) in [6, 6.07) is 10.1. The fourth-order valence-corrected chi connectivity index (χ4v) is 3.09. The maximum absolute atomic E-state index is 12.4. The lowest BCUT2D eigenvalue weighted by atomic mass is 10.1. The molecule has 0 aliphatic carbocycles. The van der Waals surface area contributed by atoms with Gasteiger partial charge in [0.15, 0.2) is 17.3 Å². The molecule has 166 valence electrons. The number of fused-ring (bicyclic) bond motifs is 1. The Morgan fingerprint density at radius 3 is 2.27 bits per heavy atom. The second-order valence-electron chi connectivity index (χ2n) is 6.82. The number of nitro benzene ring substituents is 1. The molecule has 33 heavy (non-hydrogen) atoms. The topological polar surface area (TPSA) is 181 Å². The molecule has 4 aromatic rings. The van der Waals surface area contributed by atoms with E-state index in [2.05, 4.69) is 0 Å². The number of phenolic OH excluding ortho intramolecular Hbond substituents is 3. The van der Waals surface area contributed by atoms with Crippen LogP contribution in [0.3, 0.4) is 0 Å². The average Bonchev–Trinajstić information content (AvgIpc) is 2.77. The van der Waals surface area contributed by atoms with Gasteiger partial charge in [-0.05, 0) is 30.3 Å². The molecule has 0 spiro atoms. The van der Waals surface area contributed by atoms with Crippen molar-refractivity contribution in [2.45, 2.75) is 0 Å². The van der Waals surface area contributed by atoms with Crippen molar-refractivity contribution < 1.29 is 39.3 Å². The molecule has 0 fully saturated rings. The van der Waals surface area contributed by atoms with Crippen LogP contribution in [0.5, 0.6) is 28.7 Å². The van der Waals surface area contributed by atoms with Gasteiger partial charge in [0.1, 0.15) is 22.5 Å². The van der Waals surface area contributed by atoms with Crippen LogP contribution in [-0.4, -0.2) is 31.3 Å². The van der Waals surface area contributed by atoms with E-state index in [9.17, 15) is 40.1 Å². The Balaban J connectivity index is 1.67. The van der Waals surface area contributed by atoms with Crippen molar-refractivity contribution in [3.63, 3.8) is 0 Å². The second-order valence-corrected chi connectivity index (χ2v) is 6.82. The minimum atomic E-state index is -0.961. The zero-order valence-corrected chi connectivity index (χ0v) is 16.4. The number of nitrogens with zero attached hydrogens (tertiary/aromatic N) is 1. The predicted octanol–water partition coefficient (Wildman–Crippen LogP) is 3.41. The molecule has 0 aliphatic heterocycles. The van der Waals surface area contributed by atoms with Crippen molar-refractivity contribution in [1.82, 2.24) is 0 Å². The molecule has 0 saturated carbocycles. The molecule has 11 nitrogen and oxygen atoms in total. The molecule has 4 N–H and O–H groups in total. The minimum absolute atomic E-state index is 0.00172. The van der Waals surface area contributed by atoms with Gasteiger partial charge in [0.05, 0.1) is 10.5 Å². The van der Waals surface area contributed by atoms with Crippen LogP contribution in [0.4, 0.5) is 5.69 Å². The highest BCUT2D eigenvalue weighted by atomic mass is 16.6. The van der Waals surface area contributed by atoms with Gasteiger partial charge in [0, 0.05) is 29.8 Å². The molecule has 3 aromatic carbocycles. The van der Waals surface area contributed by atoms with Crippen LogP contribution in [0.2, 0.25) is 0 Å². The first-order valence-electron chi connectivity index (χ1n) is 9.17. The fourth-order valence-electron chi connectivity index (χ4n) is 3.09. The summed E-state index contributed by atoms with van der Waals surface area (Å²) in [5.41, 5.74) is -1.35. The van der Waals surface area contributed by atoms with Crippen LogP contribution in [0.15, 0.2) is 63.8 Å². The number of carbonyl (C=O) groups is 1. The molecule has 11 heteroatoms. The largest absolute Gasteiger partial charge is 0.508 e. The number of aromatic hydroxyl groups is 4. The van der Waals surface area contributed by atoms with Gasteiger partial charge in [0.25, 0.3) is 5.69 Å². The molecule has 0 saturated heterocycles. The molecule has 0 atom stereocenters. The molecule has 4 rings (SSSR count). The average molecular weight is 451 g/mol. The summed E-state index contributed by atoms with van der Waals surface area (Å²) in [7, 11) is 0. The highest BCUT2D eigenvalue weighted by Gasteiger charge is 2.20. The van der Waals surface area contributed by atoms with Crippen LogP contribution in [0, 0.1) is 10.1 Å². The molecule has 0 bridgehead atoms. The lowest BCUT2D eigenvalue weighted by Gasteiger charge is -2.10. The Kier molecular flexibility index (Phi) is 5.06. The van der Waals surface area contributed by atoms with Gasteiger partial charge in [-0.1, -0.05) is 0 Å². The van der Waals surface area contributed by atoms with Gasteiger partial charge < -0.3 is 29.6 Å². The van der Waals surface area contributed by atoms with E-state index in [1.54, 1.807) is 0 Å². The maximum Gasteiger partial charge on any atom is 0.343 e. The van der Waals surface area contributed by atoms with Gasteiger partial charge in [-0.2, -0.15) is 0 Å². The smallest absolute Gasteiger partial charge is 0.343 e. The molecule has 0 radical (unpaired) electrons. The molecular weight excluding hydrogens is 438 g/mol. The summed E-state index contributed by atoms with van der Waals surface area (Å²) in [5, 5.41) is 50.4. The van der Waals surface area contributed by atoms with Gasteiger partial charge in [-0.25, -0.2) is 4.79 Å². The third-order valence-electron chi connectivity index (χ3n) is 4.67. The van der Waals surface area contributed by atoms with E-state index in [1.165, 1.54) is 24.3 Å². The van der Waals surface area contributed by atoms with Crippen LogP contribution >= 0.6 is 0 Å². The summed E-state index contributed by atoms with van der Waals surface area (Å²) >= 11 is 0. The second kappa shape index (κ2) is 7.89. The number of hydrogen-bond acceptors (Lipinski definition) is 10. The number of ether oxygens (including phenoxy) is 1. The third-order valence-corrected chi connectivity index (χ3v) is 4.67. The quantitative estimate of drug-likeness (QED) is 0.155. The predicted molar refractivity (Wildman–Crippen MR) is 113 cm³/mol. The lowest BCUT2D eigenvalue weighted by molar-refractivity contribution is -0.384. The highest BCUT2D eigenvalue weighted by molar-refractivity contribution is 5.92. The number of benzene rings is 3. The van der Waals surface area contributed by atoms with Crippen molar-refractivity contribution >= 4 is 22.6 Å². The Labute approximate surface area is 183 Å². The van der Waals surface area contributed by atoms with Crippen molar-refractivity contribution in [2.24, 2.45) is 0 Å². The first-order chi connectivity index (χ1) is 15.7. The van der Waals surface area contributed by atoms with Crippen molar-refractivity contribution in [2.75, 3.05) is 0 Å². The molecule has 1 aromatic heterocycles. The van der Waals surface area contributed by atoms with Crippen molar-refractivity contribution in [1.29, 1.82) is 0 Å². The number of nitro groups is 1. The van der Waals surface area contributed by atoms with E-state index in [-0.39, 0.29) is 45.0 Å². The summed E-state index contributed by atoms with van der Waals surface area (Å²) in [5.74, 6) is -3.87. The Hall–Kier alpha value is -5.06. The van der Waals surface area contributed by atoms with E-state index in [0.29, 0.717) is 0 Å². The number of carbonyl (C=O) groups excluding carboxylic acids is 1. The number of hydrogen-bond donors (Lipinski definition) is 4. The van der Waals surface area contributed by atoms with E-state index in [1.807, 2.05) is 0 Å². The van der Waals surface area contributed by atoms with E-state index in [4.69, 9.17) is 9.15 Å². The van der Waals surface area contributed by atoms with E-state index < -0.39 is 33.6 Å². The zero-order valence-electron chi connectivity index (χ0n) is 16.4. The van der Waals surface area contributed by atoms with E-state index >= 15 is 0 Å². The van der Waals surface area contributed by atoms with Gasteiger partial charge in [0.2, 0.25) is 11.2 Å². The third kappa shape index (κ3) is 3.85. The Morgan fingerprint density at radius 1 is 0.939 bits per heavy atom. The summed E-state index contributed by atoms with van der Waals surface area (Å²) in [4.78, 5) is 34.8. The number of phenols is 3. The normalized spacial score (nSPS) is 10.8. The van der Waals surface area contributed by atoms with Crippen LogP contribution in [0.25, 0.3) is 22.3 Å². The van der Waals surface area contributed by atoms with Gasteiger partial charge in [-0.15, -0.1) is 0 Å². The first kappa shape index (κ1) is 21.2. The Bertz CT molecular complexity index is 1490. The molecule has 0 unspecified atom stereocenters. The summed E-state index contributed by atoms with van der Waals surface area (Å²) in [6.45, 7) is 0. The summed E-state index contributed by atoms with van der Waals surface area (Å²) in [6.07, 6.45) is 0. The maximum atomic E-state index is 12.4. The standard InChI is InChI=1S/C22H13NO10/c24-13-8-15(26)18-17(9-13)32-21(20(28)19(18)27)11-3-6-16(14(25)7-11)33-22(29)10-1-4-12(5-2-10)23(30)31/h1-9,24-26,28H. The number of rotatable bonds is 4. The number of esters is 1. The monoisotopic (exact) mass is 451 g/mol. The van der Waals surface area contributed by atoms with Gasteiger partial charge in [-0.3, -0.25) is 14.9 Å².